The molecule has 2 aliphatic rings. The van der Waals surface area contributed by atoms with Crippen molar-refractivity contribution >= 4 is 21.6 Å². The molecule has 0 atom stereocenters. The van der Waals surface area contributed by atoms with Gasteiger partial charge in [-0.25, -0.2) is 37.5 Å². The smallest absolute Gasteiger partial charge is 0.456 e. The average molecular weight is 552 g/mol. The lowest BCUT2D eigenvalue weighted by Crippen LogP contribution is -2.33. The molecule has 0 aliphatic carbocycles. The molecule has 0 fully saturated rings. The molecule has 37 heavy (non-hydrogen) atoms. The maximum absolute atomic E-state index is 12.9. The summed E-state index contributed by atoms with van der Waals surface area (Å²) in [7, 11) is -8.66. The van der Waals surface area contributed by atoms with Crippen LogP contribution in [-0.2, 0) is 38.0 Å². The van der Waals surface area contributed by atoms with Crippen molar-refractivity contribution in [2.75, 3.05) is 0 Å². The summed E-state index contributed by atoms with van der Waals surface area (Å²) in [6.07, 6.45) is 0. The number of esters is 1. The minimum absolute atomic E-state index is 0.0702. The first kappa shape index (κ1) is 25.3. The molecule has 0 bridgehead atoms. The van der Waals surface area contributed by atoms with Gasteiger partial charge >= 0.3 is 21.6 Å². The monoisotopic (exact) mass is 552 g/mol. The van der Waals surface area contributed by atoms with Crippen LogP contribution in [-0.4, -0.2) is 5.97 Å². The molecule has 1 spiro atoms. The summed E-state index contributed by atoms with van der Waals surface area (Å²) in [6, 6.07) is 15.3. The third kappa shape index (κ3) is 4.09. The lowest BCUT2D eigenvalue weighted by Gasteiger charge is -2.36. The lowest BCUT2D eigenvalue weighted by molar-refractivity contribution is 0.0224. The third-order valence-corrected chi connectivity index (χ3v) is 7.51. The number of ether oxygens (including phenoxy) is 2. The van der Waals surface area contributed by atoms with Gasteiger partial charge in [-0.2, -0.15) is 18.5 Å². The van der Waals surface area contributed by atoms with E-state index in [-0.39, 0.29) is 23.0 Å². The predicted octanol–water partition coefficient (Wildman–Crippen LogP) is 2.79. The fourth-order valence-electron chi connectivity index (χ4n) is 4.14. The molecular weight excluding hydrogens is 534 g/mol. The first-order chi connectivity index (χ1) is 17.7. The molecule has 3 aromatic carbocycles. The summed E-state index contributed by atoms with van der Waals surface area (Å²) in [5, 5.41) is 0. The Bertz CT molecular complexity index is 1410. The highest BCUT2D eigenvalue weighted by Gasteiger charge is 2.53. The van der Waals surface area contributed by atoms with Crippen LogP contribution in [0, 0.1) is 0 Å². The molecule has 0 aromatic heterocycles. The summed E-state index contributed by atoms with van der Waals surface area (Å²) in [4.78, 5) is 12.9. The average Bonchev–Trinajstić information content (AvgIpc) is 3.21. The molecular formula is C20H18N4O11P2. The van der Waals surface area contributed by atoms with E-state index < -0.39 is 27.2 Å². The maximum Gasteiger partial charge on any atom is 0.563 e. The summed E-state index contributed by atoms with van der Waals surface area (Å²) in [5.41, 5.74) is 0.188. The summed E-state index contributed by atoms with van der Waals surface area (Å²) < 4.78 is 63.8. The van der Waals surface area contributed by atoms with E-state index in [1.165, 1.54) is 36.4 Å². The Morgan fingerprint density at radius 2 is 1.16 bits per heavy atom. The highest BCUT2D eigenvalue weighted by atomic mass is 31.2. The van der Waals surface area contributed by atoms with Gasteiger partial charge in [-0.05, 0) is 30.3 Å². The second-order valence-corrected chi connectivity index (χ2v) is 10.5. The van der Waals surface area contributed by atoms with Crippen molar-refractivity contribution in [3.8, 4) is 23.0 Å². The van der Waals surface area contributed by atoms with Gasteiger partial charge in [0.05, 0.1) is 5.56 Å². The fourth-order valence-corrected chi connectivity index (χ4v) is 5.16. The van der Waals surface area contributed by atoms with Gasteiger partial charge in [0.1, 0.15) is 23.0 Å². The van der Waals surface area contributed by atoms with E-state index in [1.54, 1.807) is 24.3 Å². The molecule has 0 amide bonds. The van der Waals surface area contributed by atoms with Crippen molar-refractivity contribution in [3.05, 3.63) is 82.9 Å². The molecule has 0 saturated carbocycles. The highest BCUT2D eigenvalue weighted by Crippen LogP contribution is 2.58. The number of fused-ring (bicyclic) bond motifs is 6. The van der Waals surface area contributed by atoms with E-state index in [0.717, 1.165) is 0 Å². The van der Waals surface area contributed by atoms with Crippen LogP contribution in [0.4, 0.5) is 0 Å². The van der Waals surface area contributed by atoms with Crippen LogP contribution in [0.15, 0.2) is 60.7 Å². The van der Waals surface area contributed by atoms with Crippen molar-refractivity contribution in [2.24, 2.45) is 23.6 Å². The third-order valence-electron chi connectivity index (χ3n) is 5.61. The molecule has 5 rings (SSSR count). The van der Waals surface area contributed by atoms with Crippen molar-refractivity contribution in [1.29, 1.82) is 0 Å². The predicted molar refractivity (Wildman–Crippen MR) is 122 cm³/mol. The molecule has 8 N–H and O–H groups in total. The SMILES string of the molecule is NOP(=O)(ON)Oc1ccc2c(c1)Oc1cc(OP(=O)(ON)ON)ccc1C21OC(=O)c2ccccc21. The van der Waals surface area contributed by atoms with Crippen LogP contribution in [0.25, 0.3) is 0 Å². The quantitative estimate of drug-likeness (QED) is 0.179. The van der Waals surface area contributed by atoms with Gasteiger partial charge < -0.3 is 18.5 Å². The maximum atomic E-state index is 12.9. The standard InChI is InChI=1S/C20H18N4O11P2/c21-32-36(26,33-22)30-11-5-7-15-17(9-11)28-18-10-12(31-37(27,34-23)35-24)6-8-16(18)20(15)14-4-2-1-3-13(14)19(25)29-20/h1-10H,21-24H2. The first-order valence-electron chi connectivity index (χ1n) is 10.1. The summed E-state index contributed by atoms with van der Waals surface area (Å²) in [6.45, 7) is 0. The normalized spacial score (nSPS) is 15.3. The molecule has 2 aliphatic heterocycles. The number of carbonyl (C=O) groups excluding carboxylic acids is 1. The topological polar surface area (TPSA) is 229 Å². The van der Waals surface area contributed by atoms with E-state index in [0.29, 0.717) is 22.3 Å². The van der Waals surface area contributed by atoms with Crippen LogP contribution >= 0.6 is 15.6 Å². The zero-order valence-corrected chi connectivity index (χ0v) is 20.3. The summed E-state index contributed by atoms with van der Waals surface area (Å²) >= 11 is 0. The van der Waals surface area contributed by atoms with Gasteiger partial charge in [0, 0.05) is 28.8 Å². The molecule has 194 valence electrons. The largest absolute Gasteiger partial charge is 0.563 e. The Balaban J connectivity index is 1.69. The molecule has 2 heterocycles. The van der Waals surface area contributed by atoms with E-state index in [2.05, 4.69) is 18.5 Å². The van der Waals surface area contributed by atoms with Crippen LogP contribution in [0.1, 0.15) is 27.0 Å². The molecule has 0 saturated heterocycles. The number of nitrogens with two attached hydrogens (primary N) is 4. The van der Waals surface area contributed by atoms with Gasteiger partial charge in [0.25, 0.3) is 0 Å². The van der Waals surface area contributed by atoms with Gasteiger partial charge in [0.2, 0.25) is 0 Å². The zero-order chi connectivity index (χ0) is 26.4. The van der Waals surface area contributed by atoms with Crippen molar-refractivity contribution in [3.63, 3.8) is 0 Å². The van der Waals surface area contributed by atoms with Crippen molar-refractivity contribution in [2.45, 2.75) is 5.60 Å². The molecule has 0 radical (unpaired) electrons. The molecule has 0 unspecified atom stereocenters. The Morgan fingerprint density at radius 3 is 1.65 bits per heavy atom. The van der Waals surface area contributed by atoms with Gasteiger partial charge in [-0.15, -0.1) is 0 Å². The van der Waals surface area contributed by atoms with Crippen LogP contribution in [0.2, 0.25) is 0 Å². The van der Waals surface area contributed by atoms with Crippen LogP contribution in [0.3, 0.4) is 0 Å². The minimum Gasteiger partial charge on any atom is -0.456 e. The molecule has 15 nitrogen and oxygen atoms in total. The van der Waals surface area contributed by atoms with Crippen molar-refractivity contribution in [1.82, 2.24) is 0 Å². The second-order valence-electron chi connectivity index (χ2n) is 7.53. The fraction of sp³-hybridized carbons (Fsp3) is 0.0500. The Hall–Kier alpha value is -3.33. The number of phosphoric acid groups is 2. The Labute approximate surface area is 208 Å². The number of benzene rings is 3. The van der Waals surface area contributed by atoms with Crippen LogP contribution < -0.4 is 37.4 Å². The zero-order valence-electron chi connectivity index (χ0n) is 18.5. The van der Waals surface area contributed by atoms with Gasteiger partial charge in [-0.1, -0.05) is 18.2 Å². The molecule has 3 aromatic rings. The minimum atomic E-state index is -4.33. The lowest BCUT2D eigenvalue weighted by atomic mass is 9.77. The van der Waals surface area contributed by atoms with E-state index in [1.807, 2.05) is 0 Å². The highest BCUT2D eigenvalue weighted by molar-refractivity contribution is 7.49. The number of hydrogen-bond donors (Lipinski definition) is 4. The Kier molecular flexibility index (Phi) is 6.30. The second kappa shape index (κ2) is 9.20. The van der Waals surface area contributed by atoms with E-state index in [9.17, 15) is 13.9 Å². The number of carbonyl (C=O) groups is 1. The van der Waals surface area contributed by atoms with Gasteiger partial charge in [0.15, 0.2) is 5.60 Å². The van der Waals surface area contributed by atoms with E-state index >= 15 is 0 Å². The first-order valence-corrected chi connectivity index (χ1v) is 13.1. The summed E-state index contributed by atoms with van der Waals surface area (Å²) in [5.74, 6) is 19.4. The van der Waals surface area contributed by atoms with Crippen LogP contribution in [0.5, 0.6) is 23.0 Å². The van der Waals surface area contributed by atoms with E-state index in [4.69, 9.17) is 42.1 Å². The number of hydrogen-bond acceptors (Lipinski definition) is 15. The van der Waals surface area contributed by atoms with Gasteiger partial charge in [-0.3, -0.25) is 0 Å². The Morgan fingerprint density at radius 1 is 0.676 bits per heavy atom. The molecule has 17 heteroatoms. The number of rotatable bonds is 8. The van der Waals surface area contributed by atoms with Crippen molar-refractivity contribution < 1.29 is 50.9 Å².